The molecule has 0 radical (unpaired) electrons. The number of fused-ring (bicyclic) bond motifs is 4. The van der Waals surface area contributed by atoms with Crippen molar-refractivity contribution in [2.24, 2.45) is 0 Å². The predicted octanol–water partition coefficient (Wildman–Crippen LogP) is 10.1. The first-order valence-electron chi connectivity index (χ1n) is 19.5. The predicted molar refractivity (Wildman–Crippen MR) is 219 cm³/mol. The average Bonchev–Trinajstić information content (AvgIpc) is 3.46. The second-order valence-electron chi connectivity index (χ2n) is 14.5. The molecule has 2 aliphatic heterocycles. The van der Waals surface area contributed by atoms with Crippen LogP contribution in [0.15, 0.2) is 78.1 Å². The number of amides is 2. The number of pyridine rings is 2. The molecule has 2 aromatic carbocycles. The fourth-order valence-electron chi connectivity index (χ4n) is 8.29. The van der Waals surface area contributed by atoms with Gasteiger partial charge in [0.25, 0.3) is 0 Å². The van der Waals surface area contributed by atoms with Crippen molar-refractivity contribution in [2.75, 3.05) is 39.4 Å². The zero-order valence-corrected chi connectivity index (χ0v) is 33.4. The molecule has 0 spiro atoms. The highest BCUT2D eigenvalue weighted by molar-refractivity contribution is 6.31. The Hall–Kier alpha value is -4.66. The third kappa shape index (κ3) is 8.61. The molecule has 2 fully saturated rings. The standard InChI is InChI=1S/C23H25ClN2O2.C22H23ClN2O2/c1-3-28-23(27)26-10-8-16(9-11-26)21-20-7-6-19(24)13-17(20)4-5-18-12-15(2)14-25-22(18)21;1-2-27-22(26)25-12-9-15(10-13-25)20-19-8-7-18(23)14-17(19)6-5-16-4-3-11-24-21(16)20/h6-7,12-14H,3-5,8-11H2,1-2H3;3-4,7-8,11,14H,2,5-6,9-10,12-13H2,1H3. The highest BCUT2D eigenvalue weighted by atomic mass is 35.5. The van der Waals surface area contributed by atoms with Crippen LogP contribution < -0.4 is 0 Å². The van der Waals surface area contributed by atoms with Crippen molar-refractivity contribution < 1.29 is 19.1 Å². The van der Waals surface area contributed by atoms with Gasteiger partial charge >= 0.3 is 12.2 Å². The average molecular weight is 780 g/mol. The molecule has 0 atom stereocenters. The zero-order chi connectivity index (χ0) is 38.5. The number of ether oxygens (including phenoxy) is 2. The Labute approximate surface area is 334 Å². The molecule has 2 amide bonds. The number of nitrogens with zero attached hydrogens (tertiary/aromatic N) is 4. The molecule has 2 saturated heterocycles. The summed E-state index contributed by atoms with van der Waals surface area (Å²) in [7, 11) is 0. The SMILES string of the molecule is CCOC(=O)N1CCC(=C2c3ccc(Cl)cc3CCc3cc(C)cnc32)CC1.CCOC(=O)N1CCC(=C2c3ccc(Cl)cc3CCc3cccnc32)CC1. The summed E-state index contributed by atoms with van der Waals surface area (Å²) in [5.41, 5.74) is 16.1. The maximum absolute atomic E-state index is 12.1. The number of hydrogen-bond donors (Lipinski definition) is 0. The minimum Gasteiger partial charge on any atom is -0.450 e. The Bertz CT molecular complexity index is 2090. The molecule has 0 bridgehead atoms. The van der Waals surface area contributed by atoms with Crippen LogP contribution in [0, 0.1) is 6.92 Å². The number of carbonyl (C=O) groups excluding carboxylic acids is 2. The van der Waals surface area contributed by atoms with Gasteiger partial charge in [-0.3, -0.25) is 9.97 Å². The maximum atomic E-state index is 12.1. The number of carbonyl (C=O) groups is 2. The van der Waals surface area contributed by atoms with E-state index in [0.717, 1.165) is 72.8 Å². The molecular formula is C45H48Cl2N4O4. The van der Waals surface area contributed by atoms with E-state index in [4.69, 9.17) is 42.6 Å². The van der Waals surface area contributed by atoms with Crippen LogP contribution in [0.4, 0.5) is 9.59 Å². The molecule has 0 saturated carbocycles. The van der Waals surface area contributed by atoms with E-state index < -0.39 is 0 Å². The Morgan fingerprint density at radius 3 is 1.60 bits per heavy atom. The van der Waals surface area contributed by atoms with E-state index in [0.29, 0.717) is 39.4 Å². The number of halogens is 2. The number of aryl methyl sites for hydroxylation is 5. The van der Waals surface area contributed by atoms with Crippen LogP contribution in [0.3, 0.4) is 0 Å². The number of likely N-dealkylation sites (tertiary alicyclic amines) is 2. The van der Waals surface area contributed by atoms with Gasteiger partial charge in [0, 0.05) is 59.8 Å². The minimum atomic E-state index is -0.215. The summed E-state index contributed by atoms with van der Waals surface area (Å²) in [6.45, 7) is 9.32. The largest absolute Gasteiger partial charge is 0.450 e. The minimum absolute atomic E-state index is 0.214. The molecule has 4 aromatic rings. The smallest absolute Gasteiger partial charge is 0.409 e. The molecule has 8 rings (SSSR count). The molecule has 55 heavy (non-hydrogen) atoms. The molecule has 4 heterocycles. The van der Waals surface area contributed by atoms with Gasteiger partial charge in [-0.2, -0.15) is 0 Å². The van der Waals surface area contributed by atoms with Crippen molar-refractivity contribution in [1.82, 2.24) is 19.8 Å². The first-order valence-corrected chi connectivity index (χ1v) is 20.2. The first kappa shape index (κ1) is 38.6. The topological polar surface area (TPSA) is 84.9 Å². The van der Waals surface area contributed by atoms with Gasteiger partial charge in [-0.15, -0.1) is 0 Å². The lowest BCUT2D eigenvalue weighted by Crippen LogP contribution is -2.37. The zero-order valence-electron chi connectivity index (χ0n) is 31.9. The maximum Gasteiger partial charge on any atom is 0.409 e. The lowest BCUT2D eigenvalue weighted by molar-refractivity contribution is 0.103. The molecule has 286 valence electrons. The van der Waals surface area contributed by atoms with E-state index >= 15 is 0 Å². The van der Waals surface area contributed by atoms with Crippen LogP contribution >= 0.6 is 23.2 Å². The monoisotopic (exact) mass is 778 g/mol. The Balaban J connectivity index is 0.000000169. The Morgan fingerprint density at radius 1 is 0.618 bits per heavy atom. The fourth-order valence-corrected chi connectivity index (χ4v) is 8.68. The highest BCUT2D eigenvalue weighted by Gasteiger charge is 2.29. The number of benzene rings is 2. The Kier molecular flexibility index (Phi) is 12.2. The van der Waals surface area contributed by atoms with E-state index in [1.165, 1.54) is 61.2 Å². The van der Waals surface area contributed by atoms with Gasteiger partial charge in [0.2, 0.25) is 0 Å². The highest BCUT2D eigenvalue weighted by Crippen LogP contribution is 2.40. The summed E-state index contributed by atoms with van der Waals surface area (Å²) in [6, 6.07) is 18.8. The van der Waals surface area contributed by atoms with Gasteiger partial charge in [0.1, 0.15) is 0 Å². The van der Waals surface area contributed by atoms with Gasteiger partial charge in [-0.25, -0.2) is 9.59 Å². The molecule has 2 aliphatic carbocycles. The van der Waals surface area contributed by atoms with Gasteiger partial charge < -0.3 is 19.3 Å². The number of piperidine rings is 2. The summed E-state index contributed by atoms with van der Waals surface area (Å²) in [6.07, 6.45) is 10.6. The van der Waals surface area contributed by atoms with Crippen molar-refractivity contribution in [2.45, 2.75) is 72.1 Å². The van der Waals surface area contributed by atoms with Crippen molar-refractivity contribution >= 4 is 46.5 Å². The van der Waals surface area contributed by atoms with Gasteiger partial charge in [0.05, 0.1) is 24.6 Å². The summed E-state index contributed by atoms with van der Waals surface area (Å²) < 4.78 is 10.3. The van der Waals surface area contributed by atoms with Gasteiger partial charge in [0.15, 0.2) is 0 Å². The van der Waals surface area contributed by atoms with E-state index in [1.54, 1.807) is 9.80 Å². The molecule has 0 N–H and O–H groups in total. The summed E-state index contributed by atoms with van der Waals surface area (Å²) in [5.74, 6) is 0. The van der Waals surface area contributed by atoms with Crippen LogP contribution in [0.5, 0.6) is 0 Å². The quantitative estimate of drug-likeness (QED) is 0.202. The van der Waals surface area contributed by atoms with Crippen molar-refractivity contribution in [1.29, 1.82) is 0 Å². The third-order valence-corrected chi connectivity index (χ3v) is 11.4. The Morgan fingerprint density at radius 2 is 1.09 bits per heavy atom. The summed E-state index contributed by atoms with van der Waals surface area (Å²) in [4.78, 5) is 37.3. The third-order valence-electron chi connectivity index (χ3n) is 11.0. The van der Waals surface area contributed by atoms with Crippen LogP contribution in [0.2, 0.25) is 10.0 Å². The fraction of sp³-hybridized carbons (Fsp3) is 0.378. The van der Waals surface area contributed by atoms with Crippen molar-refractivity contribution in [3.63, 3.8) is 0 Å². The molecule has 0 unspecified atom stereocenters. The van der Waals surface area contributed by atoms with E-state index in [1.807, 2.05) is 44.4 Å². The number of rotatable bonds is 2. The molecule has 4 aliphatic rings. The van der Waals surface area contributed by atoms with Crippen molar-refractivity contribution in [3.05, 3.63) is 139 Å². The summed E-state index contributed by atoms with van der Waals surface area (Å²) in [5, 5.41) is 1.55. The lowest BCUT2D eigenvalue weighted by atomic mass is 9.88. The van der Waals surface area contributed by atoms with Gasteiger partial charge in [-0.1, -0.05) is 58.6 Å². The van der Waals surface area contributed by atoms with E-state index in [2.05, 4.69) is 43.3 Å². The normalized spacial score (nSPS) is 16.4. The summed E-state index contributed by atoms with van der Waals surface area (Å²) >= 11 is 12.6. The van der Waals surface area contributed by atoms with Crippen LogP contribution in [-0.4, -0.2) is 71.3 Å². The molecular weight excluding hydrogens is 731 g/mol. The molecule has 10 heteroatoms. The molecule has 2 aromatic heterocycles. The van der Waals surface area contributed by atoms with Crippen molar-refractivity contribution in [3.8, 4) is 0 Å². The second kappa shape index (κ2) is 17.4. The number of aromatic nitrogens is 2. The van der Waals surface area contributed by atoms with Gasteiger partial charge in [-0.05, 0) is 141 Å². The van der Waals surface area contributed by atoms with E-state index in [9.17, 15) is 9.59 Å². The van der Waals surface area contributed by atoms with Crippen LogP contribution in [0.25, 0.3) is 11.1 Å². The number of hydrogen-bond acceptors (Lipinski definition) is 6. The first-order chi connectivity index (χ1) is 26.7. The van der Waals surface area contributed by atoms with E-state index in [-0.39, 0.29) is 12.2 Å². The lowest BCUT2D eigenvalue weighted by Gasteiger charge is -2.29. The van der Waals surface area contributed by atoms with Crippen LogP contribution in [0.1, 0.15) is 89.9 Å². The molecule has 8 nitrogen and oxygen atoms in total. The van der Waals surface area contributed by atoms with Crippen LogP contribution in [-0.2, 0) is 35.2 Å². The second-order valence-corrected chi connectivity index (χ2v) is 15.3.